The van der Waals surface area contributed by atoms with E-state index in [0.717, 1.165) is 6.92 Å². The molecule has 0 aliphatic carbocycles. The van der Waals surface area contributed by atoms with E-state index in [1.165, 1.54) is 0 Å². The molecule has 2 N–H and O–H groups in total. The van der Waals surface area contributed by atoms with Gasteiger partial charge in [-0.3, -0.25) is 4.79 Å². The Balaban J connectivity index is 4.06. The molecule has 0 heterocycles. The minimum absolute atomic E-state index is 0.175. The third kappa shape index (κ3) is 3.34. The summed E-state index contributed by atoms with van der Waals surface area (Å²) in [6.45, 7) is 2.83. The number of esters is 1. The van der Waals surface area contributed by atoms with Gasteiger partial charge in [0.25, 0.3) is 0 Å². The first-order valence-corrected chi connectivity index (χ1v) is 3.51. The predicted molar refractivity (Wildman–Crippen MR) is 39.5 cm³/mol. The van der Waals surface area contributed by atoms with Crippen molar-refractivity contribution >= 4 is 11.9 Å². The third-order valence-corrected chi connectivity index (χ3v) is 1.25. The number of carbonyl (C=O) groups is 2. The Morgan fingerprint density at radius 1 is 1.50 bits per heavy atom. The largest absolute Gasteiger partial charge is 0.479 e. The lowest BCUT2D eigenvalue weighted by atomic mass is 10.0. The molecular formula is C7H12O5. The predicted octanol–water partition coefficient (Wildman–Crippen LogP) is -0.225. The topological polar surface area (TPSA) is 83.8 Å². The highest BCUT2D eigenvalue weighted by molar-refractivity contribution is 5.83. The molecule has 0 aromatic carbocycles. The van der Waals surface area contributed by atoms with Crippen LogP contribution in [0.3, 0.4) is 0 Å². The van der Waals surface area contributed by atoms with E-state index < -0.39 is 24.0 Å². The van der Waals surface area contributed by atoms with Gasteiger partial charge in [-0.25, -0.2) is 4.79 Å². The molecule has 0 rings (SSSR count). The molecule has 5 heteroatoms. The Labute approximate surface area is 70.0 Å². The van der Waals surface area contributed by atoms with Gasteiger partial charge in [0.2, 0.25) is 0 Å². The molecule has 0 spiro atoms. The van der Waals surface area contributed by atoms with E-state index in [1.54, 1.807) is 6.92 Å². The van der Waals surface area contributed by atoms with Crippen LogP contribution < -0.4 is 0 Å². The second kappa shape index (κ2) is 4.06. The Hall–Kier alpha value is -1.10. The van der Waals surface area contributed by atoms with Crippen LogP contribution in [0.25, 0.3) is 0 Å². The fraction of sp³-hybridized carbons (Fsp3) is 0.714. The lowest BCUT2D eigenvalue weighted by molar-refractivity contribution is -0.165. The number of aliphatic hydroxyl groups is 1. The number of carboxylic acid groups (broad SMARTS) is 1. The molecular weight excluding hydrogens is 164 g/mol. The van der Waals surface area contributed by atoms with Crippen LogP contribution in [0.5, 0.6) is 0 Å². The van der Waals surface area contributed by atoms with Gasteiger partial charge in [0.05, 0.1) is 13.0 Å². The molecule has 1 unspecified atom stereocenters. The Morgan fingerprint density at radius 2 is 2.00 bits per heavy atom. The number of rotatable bonds is 4. The SMILES string of the molecule is CCOC(=O)CC(C)(O)C(=O)O. The van der Waals surface area contributed by atoms with Gasteiger partial charge in [-0.15, -0.1) is 0 Å². The monoisotopic (exact) mass is 176 g/mol. The molecule has 0 aromatic rings. The second-order valence-electron chi connectivity index (χ2n) is 2.56. The molecule has 0 saturated carbocycles. The van der Waals surface area contributed by atoms with Crippen LogP contribution >= 0.6 is 0 Å². The van der Waals surface area contributed by atoms with Gasteiger partial charge in [-0.1, -0.05) is 0 Å². The molecule has 0 aliphatic heterocycles. The summed E-state index contributed by atoms with van der Waals surface area (Å²) in [5.74, 6) is -2.15. The van der Waals surface area contributed by atoms with Crippen LogP contribution in [-0.2, 0) is 14.3 Å². The standard InChI is InChI=1S/C7H12O5/c1-3-12-5(8)4-7(2,11)6(9)10/h11H,3-4H2,1-2H3,(H,9,10). The average molecular weight is 176 g/mol. The molecule has 70 valence electrons. The van der Waals surface area contributed by atoms with Crippen molar-refractivity contribution < 1.29 is 24.5 Å². The number of aliphatic carboxylic acids is 1. The summed E-state index contributed by atoms with van der Waals surface area (Å²) < 4.78 is 4.47. The first kappa shape index (κ1) is 10.9. The van der Waals surface area contributed by atoms with E-state index in [1.807, 2.05) is 0 Å². The molecule has 5 nitrogen and oxygen atoms in total. The zero-order chi connectivity index (χ0) is 9.78. The highest BCUT2D eigenvalue weighted by Gasteiger charge is 2.33. The highest BCUT2D eigenvalue weighted by Crippen LogP contribution is 2.09. The van der Waals surface area contributed by atoms with Gasteiger partial charge in [0.1, 0.15) is 0 Å². The van der Waals surface area contributed by atoms with Crippen LogP contribution in [0.1, 0.15) is 20.3 Å². The van der Waals surface area contributed by atoms with Gasteiger partial charge < -0.3 is 14.9 Å². The molecule has 0 bridgehead atoms. The van der Waals surface area contributed by atoms with Crippen molar-refractivity contribution in [1.82, 2.24) is 0 Å². The van der Waals surface area contributed by atoms with Crippen molar-refractivity contribution in [1.29, 1.82) is 0 Å². The summed E-state index contributed by atoms with van der Waals surface area (Å²) in [5.41, 5.74) is -2.04. The van der Waals surface area contributed by atoms with Crippen molar-refractivity contribution in [2.24, 2.45) is 0 Å². The molecule has 0 saturated heterocycles. The van der Waals surface area contributed by atoms with Crippen molar-refractivity contribution in [2.45, 2.75) is 25.9 Å². The molecule has 0 radical (unpaired) electrons. The highest BCUT2D eigenvalue weighted by atomic mass is 16.5. The van der Waals surface area contributed by atoms with E-state index in [9.17, 15) is 9.59 Å². The third-order valence-electron chi connectivity index (χ3n) is 1.25. The van der Waals surface area contributed by atoms with Crippen LogP contribution in [0, 0.1) is 0 Å². The molecule has 1 atom stereocenters. The van der Waals surface area contributed by atoms with Crippen molar-refractivity contribution in [3.63, 3.8) is 0 Å². The summed E-state index contributed by atoms with van der Waals surface area (Å²) in [6, 6.07) is 0. The molecule has 0 aliphatic rings. The van der Waals surface area contributed by atoms with Crippen LogP contribution in [0.15, 0.2) is 0 Å². The van der Waals surface area contributed by atoms with Crippen LogP contribution in [0.4, 0.5) is 0 Å². The summed E-state index contributed by atoms with van der Waals surface area (Å²) >= 11 is 0. The Morgan fingerprint density at radius 3 is 2.33 bits per heavy atom. The number of ether oxygens (including phenoxy) is 1. The van der Waals surface area contributed by atoms with Crippen molar-refractivity contribution in [3.8, 4) is 0 Å². The lowest BCUT2D eigenvalue weighted by Crippen LogP contribution is -2.37. The molecule has 0 aromatic heterocycles. The normalized spacial score (nSPS) is 14.9. The maximum Gasteiger partial charge on any atom is 0.335 e. The summed E-state index contributed by atoms with van der Waals surface area (Å²) in [5, 5.41) is 17.5. The quantitative estimate of drug-likeness (QED) is 0.578. The van der Waals surface area contributed by atoms with Gasteiger partial charge >= 0.3 is 11.9 Å². The Bertz CT molecular complexity index is 184. The number of carboxylic acids is 1. The average Bonchev–Trinajstić information content (AvgIpc) is 1.85. The smallest absolute Gasteiger partial charge is 0.335 e. The number of carbonyl (C=O) groups excluding carboxylic acids is 1. The maximum absolute atomic E-state index is 10.7. The second-order valence-corrected chi connectivity index (χ2v) is 2.56. The van der Waals surface area contributed by atoms with Crippen LogP contribution in [0.2, 0.25) is 0 Å². The summed E-state index contributed by atoms with van der Waals surface area (Å²) in [7, 11) is 0. The van der Waals surface area contributed by atoms with Crippen molar-refractivity contribution in [3.05, 3.63) is 0 Å². The zero-order valence-electron chi connectivity index (χ0n) is 7.03. The van der Waals surface area contributed by atoms with E-state index >= 15 is 0 Å². The molecule has 0 amide bonds. The fourth-order valence-corrected chi connectivity index (χ4v) is 0.569. The maximum atomic E-state index is 10.7. The summed E-state index contributed by atoms with van der Waals surface area (Å²) in [4.78, 5) is 21.0. The van der Waals surface area contributed by atoms with Crippen LogP contribution in [-0.4, -0.2) is 34.4 Å². The zero-order valence-corrected chi connectivity index (χ0v) is 7.03. The van der Waals surface area contributed by atoms with Gasteiger partial charge in [0.15, 0.2) is 5.60 Å². The van der Waals surface area contributed by atoms with Gasteiger partial charge in [-0.05, 0) is 13.8 Å². The first-order valence-electron chi connectivity index (χ1n) is 3.51. The molecule has 0 fully saturated rings. The first-order chi connectivity index (χ1) is 5.40. The number of hydrogen-bond acceptors (Lipinski definition) is 4. The molecule has 12 heavy (non-hydrogen) atoms. The minimum atomic E-state index is -2.04. The summed E-state index contributed by atoms with van der Waals surface area (Å²) in [6.07, 6.45) is -0.532. The van der Waals surface area contributed by atoms with E-state index in [4.69, 9.17) is 10.2 Å². The van der Waals surface area contributed by atoms with E-state index in [-0.39, 0.29) is 6.61 Å². The van der Waals surface area contributed by atoms with E-state index in [2.05, 4.69) is 4.74 Å². The van der Waals surface area contributed by atoms with Crippen molar-refractivity contribution in [2.75, 3.05) is 6.61 Å². The lowest BCUT2D eigenvalue weighted by Gasteiger charge is -2.15. The van der Waals surface area contributed by atoms with Gasteiger partial charge in [0, 0.05) is 0 Å². The number of hydrogen-bond donors (Lipinski definition) is 2. The van der Waals surface area contributed by atoms with E-state index in [0.29, 0.717) is 0 Å². The minimum Gasteiger partial charge on any atom is -0.479 e. The fourth-order valence-electron chi connectivity index (χ4n) is 0.569. The van der Waals surface area contributed by atoms with Gasteiger partial charge in [-0.2, -0.15) is 0 Å². The Kier molecular flexibility index (Phi) is 3.69.